The third-order valence-electron chi connectivity index (χ3n) is 3.79. The van der Waals surface area contributed by atoms with Crippen molar-refractivity contribution in [3.8, 4) is 22.8 Å². The maximum Gasteiger partial charge on any atom is 0.247 e. The summed E-state index contributed by atoms with van der Waals surface area (Å²) in [7, 11) is 0. The molecule has 2 aromatic heterocycles. The van der Waals surface area contributed by atoms with Crippen molar-refractivity contribution >= 4 is 0 Å². The molecular weight excluding hydrogens is 335 g/mol. The highest BCUT2D eigenvalue weighted by Crippen LogP contribution is 2.22. The first-order valence-corrected chi connectivity index (χ1v) is 8.06. The van der Waals surface area contributed by atoms with E-state index in [0.29, 0.717) is 29.1 Å². The monoisotopic (exact) mass is 350 g/mol. The van der Waals surface area contributed by atoms with Crippen molar-refractivity contribution in [2.45, 2.75) is 20.3 Å². The molecule has 0 atom stereocenters. The van der Waals surface area contributed by atoms with Gasteiger partial charge in [0.1, 0.15) is 12.2 Å². The summed E-state index contributed by atoms with van der Waals surface area (Å²) in [6.07, 6.45) is 0.208. The Morgan fingerprint density at radius 1 is 0.923 bits per heavy atom. The van der Waals surface area contributed by atoms with Crippen LogP contribution in [0, 0.1) is 19.7 Å². The summed E-state index contributed by atoms with van der Waals surface area (Å²) in [6, 6.07) is 12.1. The van der Waals surface area contributed by atoms with Gasteiger partial charge in [0.15, 0.2) is 0 Å². The van der Waals surface area contributed by atoms with Crippen LogP contribution in [0.15, 0.2) is 51.4 Å². The summed E-state index contributed by atoms with van der Waals surface area (Å²) >= 11 is 0. The Balaban J connectivity index is 1.55. The molecule has 0 radical (unpaired) electrons. The fraction of sp³-hybridized carbons (Fsp3) is 0.158. The van der Waals surface area contributed by atoms with E-state index in [2.05, 4.69) is 26.4 Å². The summed E-state index contributed by atoms with van der Waals surface area (Å²) in [5.74, 6) is 1.09. The second kappa shape index (κ2) is 6.51. The predicted octanol–water partition coefficient (Wildman–Crippen LogP) is 4.13. The fourth-order valence-corrected chi connectivity index (χ4v) is 2.74. The predicted molar refractivity (Wildman–Crippen MR) is 91.7 cm³/mol. The van der Waals surface area contributed by atoms with Gasteiger partial charge in [-0.2, -0.15) is 4.98 Å². The minimum atomic E-state index is -0.358. The lowest BCUT2D eigenvalue weighted by Crippen LogP contribution is -1.89. The molecule has 4 aromatic rings. The molecule has 0 spiro atoms. The minimum absolute atomic E-state index is 0.208. The van der Waals surface area contributed by atoms with Crippen molar-refractivity contribution in [2.24, 2.45) is 0 Å². The quantitative estimate of drug-likeness (QED) is 0.551. The Bertz CT molecular complexity index is 1050. The molecule has 7 heteroatoms. The molecule has 6 nitrogen and oxygen atoms in total. The summed E-state index contributed by atoms with van der Waals surface area (Å²) in [6.45, 7) is 4.03. The SMILES string of the molecule is Cc1cc(C)cc(-c2nnc(Cc3nc(-c4cccc(F)c4)no3)o2)c1. The molecule has 0 unspecified atom stereocenters. The number of hydrogen-bond donors (Lipinski definition) is 0. The average Bonchev–Trinajstić information content (AvgIpc) is 3.24. The highest BCUT2D eigenvalue weighted by atomic mass is 19.1. The zero-order chi connectivity index (χ0) is 18.1. The van der Waals surface area contributed by atoms with Crippen molar-refractivity contribution in [3.63, 3.8) is 0 Å². The van der Waals surface area contributed by atoms with Gasteiger partial charge in [0.2, 0.25) is 23.5 Å². The Hall–Kier alpha value is -3.35. The van der Waals surface area contributed by atoms with E-state index in [1.54, 1.807) is 12.1 Å². The average molecular weight is 350 g/mol. The van der Waals surface area contributed by atoms with Gasteiger partial charge in [-0.25, -0.2) is 4.39 Å². The molecule has 0 saturated carbocycles. The fourth-order valence-electron chi connectivity index (χ4n) is 2.74. The van der Waals surface area contributed by atoms with Gasteiger partial charge < -0.3 is 8.94 Å². The third-order valence-corrected chi connectivity index (χ3v) is 3.79. The van der Waals surface area contributed by atoms with E-state index < -0.39 is 0 Å². The first-order chi connectivity index (χ1) is 12.6. The van der Waals surface area contributed by atoms with Crippen LogP contribution in [0.3, 0.4) is 0 Å². The molecule has 0 saturated heterocycles. The van der Waals surface area contributed by atoms with Gasteiger partial charge in [-0.15, -0.1) is 10.2 Å². The van der Waals surface area contributed by atoms with E-state index in [0.717, 1.165) is 16.7 Å². The normalized spacial score (nSPS) is 11.0. The summed E-state index contributed by atoms with van der Waals surface area (Å²) in [4.78, 5) is 4.25. The van der Waals surface area contributed by atoms with E-state index in [-0.39, 0.29) is 12.2 Å². The first-order valence-electron chi connectivity index (χ1n) is 8.06. The van der Waals surface area contributed by atoms with Gasteiger partial charge in [0.05, 0.1) is 0 Å². The van der Waals surface area contributed by atoms with Gasteiger partial charge >= 0.3 is 0 Å². The van der Waals surface area contributed by atoms with Crippen LogP contribution in [0.5, 0.6) is 0 Å². The molecule has 0 N–H and O–H groups in total. The molecular formula is C19H15FN4O2. The van der Waals surface area contributed by atoms with Crippen LogP contribution in [0.4, 0.5) is 4.39 Å². The van der Waals surface area contributed by atoms with E-state index in [1.807, 2.05) is 26.0 Å². The number of rotatable bonds is 4. The van der Waals surface area contributed by atoms with Gasteiger partial charge in [-0.05, 0) is 38.1 Å². The largest absolute Gasteiger partial charge is 0.420 e. The molecule has 26 heavy (non-hydrogen) atoms. The zero-order valence-electron chi connectivity index (χ0n) is 14.2. The molecule has 2 aromatic carbocycles. The second-order valence-electron chi connectivity index (χ2n) is 6.08. The number of nitrogens with zero attached hydrogens (tertiary/aromatic N) is 4. The van der Waals surface area contributed by atoms with Crippen LogP contribution in [-0.2, 0) is 6.42 Å². The van der Waals surface area contributed by atoms with Gasteiger partial charge in [0.25, 0.3) is 0 Å². The highest BCUT2D eigenvalue weighted by Gasteiger charge is 2.15. The molecule has 0 fully saturated rings. The van der Waals surface area contributed by atoms with Crippen LogP contribution in [-0.4, -0.2) is 20.3 Å². The Morgan fingerprint density at radius 2 is 1.73 bits per heavy atom. The lowest BCUT2D eigenvalue weighted by Gasteiger charge is -1.99. The van der Waals surface area contributed by atoms with Crippen LogP contribution < -0.4 is 0 Å². The molecule has 0 aliphatic heterocycles. The lowest BCUT2D eigenvalue weighted by molar-refractivity contribution is 0.374. The molecule has 130 valence electrons. The number of hydrogen-bond acceptors (Lipinski definition) is 6. The topological polar surface area (TPSA) is 77.8 Å². The maximum atomic E-state index is 13.3. The molecule has 4 rings (SSSR count). The molecule has 0 aliphatic carbocycles. The van der Waals surface area contributed by atoms with E-state index in [4.69, 9.17) is 8.94 Å². The van der Waals surface area contributed by atoms with E-state index in [1.165, 1.54) is 12.1 Å². The Labute approximate surface area is 148 Å². The van der Waals surface area contributed by atoms with E-state index in [9.17, 15) is 4.39 Å². The van der Waals surface area contributed by atoms with Crippen LogP contribution in [0.1, 0.15) is 22.9 Å². The van der Waals surface area contributed by atoms with Gasteiger partial charge in [-0.1, -0.05) is 34.5 Å². The highest BCUT2D eigenvalue weighted by molar-refractivity contribution is 5.56. The maximum absolute atomic E-state index is 13.3. The van der Waals surface area contributed by atoms with Gasteiger partial charge in [-0.3, -0.25) is 0 Å². The minimum Gasteiger partial charge on any atom is -0.420 e. The zero-order valence-corrected chi connectivity index (χ0v) is 14.2. The Morgan fingerprint density at radius 3 is 2.50 bits per heavy atom. The van der Waals surface area contributed by atoms with Crippen molar-refractivity contribution in [2.75, 3.05) is 0 Å². The number of benzene rings is 2. The van der Waals surface area contributed by atoms with Crippen LogP contribution in [0.25, 0.3) is 22.8 Å². The molecule has 0 amide bonds. The Kier molecular flexibility index (Phi) is 4.04. The molecule has 0 bridgehead atoms. The number of aryl methyl sites for hydroxylation is 2. The molecule has 2 heterocycles. The summed E-state index contributed by atoms with van der Waals surface area (Å²) in [5, 5.41) is 12.0. The third kappa shape index (κ3) is 3.37. The van der Waals surface area contributed by atoms with Crippen molar-refractivity contribution in [1.29, 1.82) is 0 Å². The van der Waals surface area contributed by atoms with Crippen molar-refractivity contribution in [1.82, 2.24) is 20.3 Å². The molecule has 0 aliphatic rings. The van der Waals surface area contributed by atoms with Crippen molar-refractivity contribution < 1.29 is 13.3 Å². The van der Waals surface area contributed by atoms with Crippen molar-refractivity contribution in [3.05, 3.63) is 71.2 Å². The van der Waals surface area contributed by atoms with Gasteiger partial charge in [0, 0.05) is 11.1 Å². The van der Waals surface area contributed by atoms with Crippen LogP contribution in [0.2, 0.25) is 0 Å². The first kappa shape index (κ1) is 16.1. The second-order valence-corrected chi connectivity index (χ2v) is 6.08. The van der Waals surface area contributed by atoms with Crippen LogP contribution >= 0.6 is 0 Å². The smallest absolute Gasteiger partial charge is 0.247 e. The van der Waals surface area contributed by atoms with E-state index >= 15 is 0 Å². The lowest BCUT2D eigenvalue weighted by atomic mass is 10.1. The number of halogens is 1. The number of aromatic nitrogens is 4. The summed E-state index contributed by atoms with van der Waals surface area (Å²) < 4.78 is 24.2. The standard InChI is InChI=1S/C19H15FN4O2/c1-11-6-12(2)8-14(7-11)19-23-22-17(25-19)10-16-21-18(24-26-16)13-4-3-5-15(20)9-13/h3-9H,10H2,1-2H3. The summed E-state index contributed by atoms with van der Waals surface area (Å²) in [5.41, 5.74) is 3.65.